The first kappa shape index (κ1) is 15.9. The molecule has 0 fully saturated rings. The van der Waals surface area contributed by atoms with E-state index in [9.17, 15) is 4.79 Å². The Labute approximate surface area is 140 Å². The third kappa shape index (κ3) is 3.35. The molecule has 24 heavy (non-hydrogen) atoms. The number of rotatable bonds is 5. The normalized spacial score (nSPS) is 11.9. The second-order valence-electron chi connectivity index (χ2n) is 5.58. The van der Waals surface area contributed by atoms with Gasteiger partial charge in [0.2, 0.25) is 0 Å². The zero-order valence-electron chi connectivity index (χ0n) is 13.7. The first-order valence-corrected chi connectivity index (χ1v) is 7.88. The van der Waals surface area contributed by atoms with Gasteiger partial charge < -0.3 is 9.73 Å². The smallest absolute Gasteiger partial charge is 0.274 e. The van der Waals surface area contributed by atoms with Crippen LogP contribution in [-0.4, -0.2) is 15.9 Å². The molecule has 1 unspecified atom stereocenters. The zero-order chi connectivity index (χ0) is 16.9. The number of aryl methyl sites for hydroxylation is 2. The Kier molecular flexibility index (Phi) is 4.70. The second-order valence-corrected chi connectivity index (χ2v) is 5.58. The standard InChI is InChI=1S/C19H19N3O2/c1-3-16-18(21-12-24-16)19(23)22-17(15-8-10-20-11-9-15)14-6-4-13(2)5-7-14/h4-12,17H,3H2,1-2H3,(H,22,23). The van der Waals surface area contributed by atoms with Gasteiger partial charge in [0, 0.05) is 18.8 Å². The van der Waals surface area contributed by atoms with Crippen molar-refractivity contribution in [3.63, 3.8) is 0 Å². The van der Waals surface area contributed by atoms with Gasteiger partial charge in [0.25, 0.3) is 5.91 Å². The molecule has 2 heterocycles. The van der Waals surface area contributed by atoms with E-state index in [1.54, 1.807) is 12.4 Å². The van der Waals surface area contributed by atoms with Crippen molar-refractivity contribution in [1.29, 1.82) is 0 Å². The second kappa shape index (κ2) is 7.08. The maximum absolute atomic E-state index is 12.7. The fraction of sp³-hybridized carbons (Fsp3) is 0.211. The highest BCUT2D eigenvalue weighted by Crippen LogP contribution is 2.23. The molecule has 0 saturated heterocycles. The number of aromatic nitrogens is 2. The number of nitrogens with zero attached hydrogens (tertiary/aromatic N) is 2. The Morgan fingerprint density at radius 3 is 2.46 bits per heavy atom. The van der Waals surface area contributed by atoms with Crippen molar-refractivity contribution < 1.29 is 9.21 Å². The molecule has 0 bridgehead atoms. The van der Waals surface area contributed by atoms with Crippen LogP contribution >= 0.6 is 0 Å². The molecular weight excluding hydrogens is 302 g/mol. The van der Waals surface area contributed by atoms with Gasteiger partial charge in [-0.3, -0.25) is 9.78 Å². The van der Waals surface area contributed by atoms with E-state index in [1.807, 2.05) is 50.2 Å². The van der Waals surface area contributed by atoms with Gasteiger partial charge in [0.1, 0.15) is 5.76 Å². The summed E-state index contributed by atoms with van der Waals surface area (Å²) >= 11 is 0. The number of oxazole rings is 1. The van der Waals surface area contributed by atoms with Crippen LogP contribution in [-0.2, 0) is 6.42 Å². The van der Waals surface area contributed by atoms with Crippen LogP contribution in [0.25, 0.3) is 0 Å². The summed E-state index contributed by atoms with van der Waals surface area (Å²) in [7, 11) is 0. The number of amides is 1. The molecular formula is C19H19N3O2. The van der Waals surface area contributed by atoms with E-state index in [0.717, 1.165) is 11.1 Å². The monoisotopic (exact) mass is 321 g/mol. The van der Waals surface area contributed by atoms with Crippen molar-refractivity contribution in [1.82, 2.24) is 15.3 Å². The van der Waals surface area contributed by atoms with Crippen molar-refractivity contribution in [3.05, 3.63) is 83.3 Å². The summed E-state index contributed by atoms with van der Waals surface area (Å²) in [5, 5.41) is 3.06. The SMILES string of the molecule is CCc1ocnc1C(=O)NC(c1ccncc1)c1ccc(C)cc1. The molecule has 0 aliphatic rings. The van der Waals surface area contributed by atoms with Crippen molar-refractivity contribution in [2.24, 2.45) is 0 Å². The molecule has 0 spiro atoms. The number of benzene rings is 1. The molecule has 2 aromatic heterocycles. The lowest BCUT2D eigenvalue weighted by atomic mass is 9.98. The summed E-state index contributed by atoms with van der Waals surface area (Å²) in [4.78, 5) is 20.8. The molecule has 1 amide bonds. The fourth-order valence-electron chi connectivity index (χ4n) is 2.58. The molecule has 3 aromatic rings. The van der Waals surface area contributed by atoms with E-state index < -0.39 is 0 Å². The highest BCUT2D eigenvalue weighted by Gasteiger charge is 2.21. The summed E-state index contributed by atoms with van der Waals surface area (Å²) in [6.07, 6.45) is 5.36. The number of nitrogens with one attached hydrogen (secondary N) is 1. The molecule has 0 saturated carbocycles. The number of pyridine rings is 1. The predicted octanol–water partition coefficient (Wildman–Crippen LogP) is 3.46. The number of hydrogen-bond acceptors (Lipinski definition) is 4. The fourth-order valence-corrected chi connectivity index (χ4v) is 2.58. The van der Waals surface area contributed by atoms with Gasteiger partial charge in [-0.2, -0.15) is 0 Å². The van der Waals surface area contributed by atoms with Gasteiger partial charge >= 0.3 is 0 Å². The molecule has 1 aromatic carbocycles. The zero-order valence-corrected chi connectivity index (χ0v) is 13.7. The Morgan fingerprint density at radius 2 is 1.79 bits per heavy atom. The molecule has 5 nitrogen and oxygen atoms in total. The van der Waals surface area contributed by atoms with E-state index in [1.165, 1.54) is 12.0 Å². The van der Waals surface area contributed by atoms with Crippen molar-refractivity contribution in [2.45, 2.75) is 26.3 Å². The molecule has 0 aliphatic carbocycles. The summed E-state index contributed by atoms with van der Waals surface area (Å²) in [5.41, 5.74) is 3.47. The van der Waals surface area contributed by atoms with Crippen LogP contribution in [0.2, 0.25) is 0 Å². The largest absolute Gasteiger partial charge is 0.448 e. The van der Waals surface area contributed by atoms with Crippen molar-refractivity contribution in [3.8, 4) is 0 Å². The van der Waals surface area contributed by atoms with Crippen LogP contribution in [0.4, 0.5) is 0 Å². The van der Waals surface area contributed by atoms with Gasteiger partial charge in [-0.15, -0.1) is 0 Å². The molecule has 3 rings (SSSR count). The maximum atomic E-state index is 12.7. The lowest BCUT2D eigenvalue weighted by Crippen LogP contribution is -2.30. The third-order valence-electron chi connectivity index (χ3n) is 3.90. The Morgan fingerprint density at radius 1 is 1.12 bits per heavy atom. The van der Waals surface area contributed by atoms with Crippen LogP contribution in [0.1, 0.15) is 45.9 Å². The topological polar surface area (TPSA) is 68.0 Å². The van der Waals surface area contributed by atoms with Crippen LogP contribution in [0.3, 0.4) is 0 Å². The molecule has 1 atom stereocenters. The molecule has 0 radical (unpaired) electrons. The lowest BCUT2D eigenvalue weighted by molar-refractivity contribution is 0.0936. The summed E-state index contributed by atoms with van der Waals surface area (Å²) in [6.45, 7) is 3.96. The van der Waals surface area contributed by atoms with Crippen LogP contribution in [0.5, 0.6) is 0 Å². The number of hydrogen-bond donors (Lipinski definition) is 1. The Balaban J connectivity index is 1.93. The summed E-state index contributed by atoms with van der Waals surface area (Å²) in [5.74, 6) is 0.341. The van der Waals surface area contributed by atoms with Crippen molar-refractivity contribution in [2.75, 3.05) is 0 Å². The van der Waals surface area contributed by atoms with E-state index in [0.29, 0.717) is 17.9 Å². The highest BCUT2D eigenvalue weighted by molar-refractivity contribution is 5.93. The first-order valence-electron chi connectivity index (χ1n) is 7.88. The van der Waals surface area contributed by atoms with E-state index in [2.05, 4.69) is 15.3 Å². The van der Waals surface area contributed by atoms with Crippen molar-refractivity contribution >= 4 is 5.91 Å². The van der Waals surface area contributed by atoms with Gasteiger partial charge in [0.15, 0.2) is 12.1 Å². The Hall–Kier alpha value is -2.95. The van der Waals surface area contributed by atoms with Gasteiger partial charge in [-0.05, 0) is 30.2 Å². The van der Waals surface area contributed by atoms with E-state index >= 15 is 0 Å². The summed E-state index contributed by atoms with van der Waals surface area (Å²) in [6, 6.07) is 11.6. The maximum Gasteiger partial charge on any atom is 0.274 e. The number of carbonyl (C=O) groups is 1. The average Bonchev–Trinajstić information content (AvgIpc) is 3.10. The molecule has 122 valence electrons. The first-order chi connectivity index (χ1) is 11.7. The quantitative estimate of drug-likeness (QED) is 0.781. The van der Waals surface area contributed by atoms with Crippen LogP contribution in [0.15, 0.2) is 59.6 Å². The minimum atomic E-state index is -0.275. The molecule has 1 N–H and O–H groups in total. The minimum absolute atomic E-state index is 0.247. The van der Waals surface area contributed by atoms with Crippen LogP contribution in [0, 0.1) is 6.92 Å². The average molecular weight is 321 g/mol. The lowest BCUT2D eigenvalue weighted by Gasteiger charge is -2.19. The van der Waals surface area contributed by atoms with E-state index in [-0.39, 0.29) is 11.9 Å². The third-order valence-corrected chi connectivity index (χ3v) is 3.90. The number of carbonyl (C=O) groups excluding carboxylic acids is 1. The molecule has 0 aliphatic heterocycles. The minimum Gasteiger partial charge on any atom is -0.448 e. The van der Waals surface area contributed by atoms with Gasteiger partial charge in [-0.25, -0.2) is 4.98 Å². The van der Waals surface area contributed by atoms with E-state index in [4.69, 9.17) is 4.42 Å². The molecule has 5 heteroatoms. The van der Waals surface area contributed by atoms with Gasteiger partial charge in [-0.1, -0.05) is 36.8 Å². The Bertz CT molecular complexity index is 810. The van der Waals surface area contributed by atoms with Gasteiger partial charge in [0.05, 0.1) is 6.04 Å². The highest BCUT2D eigenvalue weighted by atomic mass is 16.3. The predicted molar refractivity (Wildman–Crippen MR) is 90.6 cm³/mol. The van der Waals surface area contributed by atoms with Crippen LogP contribution < -0.4 is 5.32 Å². The summed E-state index contributed by atoms with van der Waals surface area (Å²) < 4.78 is 5.26.